The van der Waals surface area contributed by atoms with Gasteiger partial charge in [0.15, 0.2) is 11.5 Å². The second-order valence-corrected chi connectivity index (χ2v) is 8.85. The summed E-state index contributed by atoms with van der Waals surface area (Å²) >= 11 is 0. The minimum Gasteiger partial charge on any atom is -0.493 e. The van der Waals surface area contributed by atoms with E-state index in [1.165, 1.54) is 55.7 Å². The van der Waals surface area contributed by atoms with E-state index < -0.39 is 0 Å². The van der Waals surface area contributed by atoms with Crippen molar-refractivity contribution in [2.75, 3.05) is 45.3 Å². The van der Waals surface area contributed by atoms with E-state index in [2.05, 4.69) is 46.0 Å². The first-order valence-electron chi connectivity index (χ1n) is 11.6. The Morgan fingerprint density at radius 1 is 1.07 bits per heavy atom. The number of ether oxygens (including phenoxy) is 2. The fourth-order valence-corrected chi connectivity index (χ4v) is 5.29. The van der Waals surface area contributed by atoms with Crippen LogP contribution in [0.4, 0.5) is 5.82 Å². The van der Waals surface area contributed by atoms with Crippen LogP contribution in [0, 0.1) is 5.92 Å². The summed E-state index contributed by atoms with van der Waals surface area (Å²) in [6.45, 7) is 7.07. The zero-order valence-electron chi connectivity index (χ0n) is 18.8. The van der Waals surface area contributed by atoms with Crippen molar-refractivity contribution in [2.24, 2.45) is 5.92 Å². The molecule has 1 fully saturated rings. The Hall–Kier alpha value is -2.14. The van der Waals surface area contributed by atoms with Crippen molar-refractivity contribution < 1.29 is 9.47 Å². The molecule has 30 heavy (non-hydrogen) atoms. The van der Waals surface area contributed by atoms with Crippen LogP contribution in [0.5, 0.6) is 11.5 Å². The number of nitrogens with one attached hydrogen (secondary N) is 1. The van der Waals surface area contributed by atoms with Crippen LogP contribution in [-0.2, 0) is 12.8 Å². The van der Waals surface area contributed by atoms with Gasteiger partial charge in [-0.1, -0.05) is 6.92 Å². The molecule has 1 aliphatic carbocycles. The molecule has 0 saturated carbocycles. The zero-order chi connectivity index (χ0) is 20.9. The molecule has 1 N–H and O–H groups in total. The Bertz CT molecular complexity index is 797. The first kappa shape index (κ1) is 21.1. The van der Waals surface area contributed by atoms with Crippen LogP contribution in [0.2, 0.25) is 0 Å². The Kier molecular flexibility index (Phi) is 6.88. The van der Waals surface area contributed by atoms with E-state index in [1.54, 1.807) is 14.2 Å². The third kappa shape index (κ3) is 4.61. The Balaban J connectivity index is 1.39. The number of methoxy groups -OCH3 is 2. The van der Waals surface area contributed by atoms with Gasteiger partial charge in [-0.15, -0.1) is 0 Å². The van der Waals surface area contributed by atoms with Crippen molar-refractivity contribution in [3.63, 3.8) is 0 Å². The van der Waals surface area contributed by atoms with Gasteiger partial charge in [0.05, 0.1) is 14.2 Å². The summed E-state index contributed by atoms with van der Waals surface area (Å²) in [5.41, 5.74) is 2.87. The summed E-state index contributed by atoms with van der Waals surface area (Å²) in [5.74, 6) is 3.78. The minimum absolute atomic E-state index is 0.636. The normalized spacial score (nSPS) is 19.7. The SMILES string of the molecule is CCCN(CC1CCN(c2ccc[nH]2)CC1)C1CCc2cc(OC)c(OC)cc2C1. The highest BCUT2D eigenvalue weighted by Gasteiger charge is 2.28. The smallest absolute Gasteiger partial charge is 0.161 e. The van der Waals surface area contributed by atoms with Crippen LogP contribution >= 0.6 is 0 Å². The van der Waals surface area contributed by atoms with Gasteiger partial charge in [0.25, 0.3) is 0 Å². The molecule has 1 aromatic carbocycles. The number of hydrogen-bond donors (Lipinski definition) is 1. The quantitative estimate of drug-likeness (QED) is 0.693. The van der Waals surface area contributed by atoms with E-state index in [-0.39, 0.29) is 0 Å². The molecule has 0 radical (unpaired) electrons. The largest absolute Gasteiger partial charge is 0.493 e. The Labute approximate surface area is 181 Å². The lowest BCUT2D eigenvalue weighted by atomic mass is 9.86. The summed E-state index contributed by atoms with van der Waals surface area (Å²) in [4.78, 5) is 8.64. The first-order valence-corrected chi connectivity index (χ1v) is 11.6. The highest BCUT2D eigenvalue weighted by molar-refractivity contribution is 5.48. The van der Waals surface area contributed by atoms with E-state index >= 15 is 0 Å². The van der Waals surface area contributed by atoms with Gasteiger partial charge in [-0.2, -0.15) is 0 Å². The predicted molar refractivity (Wildman–Crippen MR) is 123 cm³/mol. The van der Waals surface area contributed by atoms with Gasteiger partial charge in [0, 0.05) is 31.9 Å². The van der Waals surface area contributed by atoms with E-state index in [0.717, 1.165) is 43.3 Å². The first-order chi connectivity index (χ1) is 14.7. The molecule has 1 aliphatic heterocycles. The van der Waals surface area contributed by atoms with Crippen molar-refractivity contribution >= 4 is 5.82 Å². The highest BCUT2D eigenvalue weighted by Crippen LogP contribution is 2.35. The number of fused-ring (bicyclic) bond motifs is 1. The molecule has 1 atom stereocenters. The molecule has 1 unspecified atom stereocenters. The van der Waals surface area contributed by atoms with Crippen LogP contribution in [0.3, 0.4) is 0 Å². The number of aryl methyl sites for hydroxylation is 1. The number of hydrogen-bond acceptors (Lipinski definition) is 4. The molecule has 5 heteroatoms. The number of aromatic nitrogens is 1. The monoisotopic (exact) mass is 411 g/mol. The van der Waals surface area contributed by atoms with Gasteiger partial charge in [-0.3, -0.25) is 4.90 Å². The van der Waals surface area contributed by atoms with Gasteiger partial charge in [-0.25, -0.2) is 0 Å². The highest BCUT2D eigenvalue weighted by atomic mass is 16.5. The average Bonchev–Trinajstić information content (AvgIpc) is 3.33. The maximum atomic E-state index is 5.56. The molecule has 0 amide bonds. The summed E-state index contributed by atoms with van der Waals surface area (Å²) < 4.78 is 11.1. The van der Waals surface area contributed by atoms with Crippen molar-refractivity contribution in [1.82, 2.24) is 9.88 Å². The third-order valence-electron chi connectivity index (χ3n) is 6.96. The number of anilines is 1. The predicted octanol–water partition coefficient (Wildman–Crippen LogP) is 4.52. The fourth-order valence-electron chi connectivity index (χ4n) is 5.29. The van der Waals surface area contributed by atoms with Crippen molar-refractivity contribution in [3.8, 4) is 11.5 Å². The van der Waals surface area contributed by atoms with Gasteiger partial charge < -0.3 is 19.4 Å². The lowest BCUT2D eigenvalue weighted by molar-refractivity contribution is 0.142. The van der Waals surface area contributed by atoms with E-state index in [9.17, 15) is 0 Å². The molecule has 5 nitrogen and oxygen atoms in total. The number of benzene rings is 1. The second-order valence-electron chi connectivity index (χ2n) is 8.85. The molecule has 0 spiro atoms. The number of aromatic amines is 1. The summed E-state index contributed by atoms with van der Waals surface area (Å²) in [5, 5.41) is 0. The number of H-pyrrole nitrogens is 1. The van der Waals surface area contributed by atoms with Gasteiger partial charge >= 0.3 is 0 Å². The summed E-state index contributed by atoms with van der Waals surface area (Å²) in [7, 11) is 3.45. The fraction of sp³-hybridized carbons (Fsp3) is 0.600. The van der Waals surface area contributed by atoms with Crippen LogP contribution in [0.1, 0.15) is 43.7 Å². The van der Waals surface area contributed by atoms with Crippen LogP contribution in [0.15, 0.2) is 30.5 Å². The zero-order valence-corrected chi connectivity index (χ0v) is 18.8. The Morgan fingerprint density at radius 3 is 2.43 bits per heavy atom. The summed E-state index contributed by atoms with van der Waals surface area (Å²) in [6.07, 6.45) is 9.31. The lowest BCUT2D eigenvalue weighted by Gasteiger charge is -2.40. The van der Waals surface area contributed by atoms with Gasteiger partial charge in [0.1, 0.15) is 5.82 Å². The van der Waals surface area contributed by atoms with Crippen molar-refractivity contribution in [2.45, 2.75) is 51.5 Å². The minimum atomic E-state index is 0.636. The average molecular weight is 412 g/mol. The summed E-state index contributed by atoms with van der Waals surface area (Å²) in [6, 6.07) is 9.31. The molecule has 2 aliphatic rings. The molecule has 0 bridgehead atoms. The van der Waals surface area contributed by atoms with Crippen LogP contribution in [0.25, 0.3) is 0 Å². The maximum Gasteiger partial charge on any atom is 0.161 e. The van der Waals surface area contributed by atoms with Crippen LogP contribution in [-0.4, -0.2) is 56.3 Å². The van der Waals surface area contributed by atoms with E-state index in [0.29, 0.717) is 6.04 Å². The molecular weight excluding hydrogens is 374 g/mol. The van der Waals surface area contributed by atoms with Crippen molar-refractivity contribution in [1.29, 1.82) is 0 Å². The third-order valence-corrected chi connectivity index (χ3v) is 6.96. The molecule has 1 aromatic heterocycles. The van der Waals surface area contributed by atoms with Crippen LogP contribution < -0.4 is 14.4 Å². The topological polar surface area (TPSA) is 40.7 Å². The molecule has 2 aromatic rings. The van der Waals surface area contributed by atoms with E-state index in [4.69, 9.17) is 9.47 Å². The lowest BCUT2D eigenvalue weighted by Crippen LogP contribution is -2.45. The Morgan fingerprint density at radius 2 is 1.80 bits per heavy atom. The van der Waals surface area contributed by atoms with Gasteiger partial charge in [0.2, 0.25) is 0 Å². The second kappa shape index (κ2) is 9.78. The van der Waals surface area contributed by atoms with Crippen molar-refractivity contribution in [3.05, 3.63) is 41.6 Å². The molecule has 1 saturated heterocycles. The molecular formula is C25H37N3O2. The van der Waals surface area contributed by atoms with Gasteiger partial charge in [-0.05, 0) is 86.4 Å². The maximum absolute atomic E-state index is 5.56. The molecule has 164 valence electrons. The number of nitrogens with zero attached hydrogens (tertiary/aromatic N) is 2. The number of rotatable bonds is 8. The molecule has 2 heterocycles. The van der Waals surface area contributed by atoms with E-state index in [1.807, 2.05) is 6.20 Å². The number of piperidine rings is 1. The molecule has 4 rings (SSSR count). The standard InChI is InChI=1S/C25H37N3O2/c1-4-12-28(18-19-9-13-27(14-10-19)25-6-5-11-26-25)22-8-7-20-16-23(29-2)24(30-3)17-21(20)15-22/h5-6,11,16-17,19,22,26H,4,7-10,12-15,18H2,1-3H3.